The number of aliphatic imine (C=N–C) groups is 1. The first-order chi connectivity index (χ1) is 11.0. The maximum atomic E-state index is 9.26. The number of aliphatic hydroxyl groups excluding tert-OH is 1. The van der Waals surface area contributed by atoms with Crippen molar-refractivity contribution in [3.05, 3.63) is 18.2 Å². The molecule has 0 saturated carbocycles. The number of nitrogens with one attached hydrogen (secondary N) is 1. The van der Waals surface area contributed by atoms with Crippen LogP contribution in [0.2, 0.25) is 0 Å². The van der Waals surface area contributed by atoms with Crippen LogP contribution in [0, 0.1) is 5.41 Å². The molecule has 0 saturated heterocycles. The van der Waals surface area contributed by atoms with Gasteiger partial charge in [-0.2, -0.15) is 0 Å². The Morgan fingerprint density at radius 3 is 2.48 bits per heavy atom. The highest BCUT2D eigenvalue weighted by atomic mass is 16.5. The minimum absolute atomic E-state index is 0.0144. The summed E-state index contributed by atoms with van der Waals surface area (Å²) in [4.78, 5) is 4.46. The topological polar surface area (TPSA) is 89.1 Å². The van der Waals surface area contributed by atoms with Crippen LogP contribution in [0.1, 0.15) is 33.1 Å². The Balaban J connectivity index is 2.87. The van der Waals surface area contributed by atoms with Crippen LogP contribution >= 0.6 is 0 Å². The second-order valence-corrected chi connectivity index (χ2v) is 5.57. The third kappa shape index (κ3) is 5.32. The first-order valence-electron chi connectivity index (χ1n) is 7.94. The molecule has 0 atom stereocenters. The smallest absolute Gasteiger partial charge is 0.193 e. The molecule has 0 spiro atoms. The second kappa shape index (κ2) is 9.25. The van der Waals surface area contributed by atoms with Crippen molar-refractivity contribution < 1.29 is 14.6 Å². The van der Waals surface area contributed by atoms with Gasteiger partial charge in [-0.05, 0) is 36.8 Å². The number of rotatable bonds is 9. The molecule has 6 nitrogen and oxygen atoms in total. The third-order valence-electron chi connectivity index (χ3n) is 4.40. The number of hydrogen-bond donors (Lipinski definition) is 3. The standard InChI is InChI=1S/C17H29N3O3/c1-5-17(6-2,9-10-21)12-19-16(18)20-14-11-13(22-3)7-8-15(14)23-4/h7-8,11,21H,5-6,9-10,12H2,1-4H3,(H3,18,19,20). The van der Waals surface area contributed by atoms with Gasteiger partial charge in [-0.1, -0.05) is 13.8 Å². The monoisotopic (exact) mass is 323 g/mol. The first-order valence-corrected chi connectivity index (χ1v) is 7.94. The van der Waals surface area contributed by atoms with Crippen molar-refractivity contribution in [2.75, 3.05) is 32.7 Å². The number of hydrogen-bond acceptors (Lipinski definition) is 4. The van der Waals surface area contributed by atoms with E-state index in [-0.39, 0.29) is 12.0 Å². The van der Waals surface area contributed by atoms with E-state index in [1.807, 2.05) is 18.2 Å². The highest BCUT2D eigenvalue weighted by Gasteiger charge is 2.25. The summed E-state index contributed by atoms with van der Waals surface area (Å²) in [7, 11) is 3.20. The molecule has 0 bridgehead atoms. The van der Waals surface area contributed by atoms with E-state index in [0.29, 0.717) is 29.7 Å². The van der Waals surface area contributed by atoms with E-state index in [0.717, 1.165) is 19.3 Å². The van der Waals surface area contributed by atoms with Gasteiger partial charge in [-0.3, -0.25) is 4.99 Å². The predicted octanol–water partition coefficient (Wildman–Crippen LogP) is 2.62. The molecule has 0 aliphatic heterocycles. The second-order valence-electron chi connectivity index (χ2n) is 5.57. The lowest BCUT2D eigenvalue weighted by Gasteiger charge is -2.29. The average molecular weight is 323 g/mol. The van der Waals surface area contributed by atoms with Gasteiger partial charge < -0.3 is 25.6 Å². The summed E-state index contributed by atoms with van der Waals surface area (Å²) >= 11 is 0. The number of guanidine groups is 1. The van der Waals surface area contributed by atoms with Gasteiger partial charge in [0.05, 0.1) is 19.9 Å². The van der Waals surface area contributed by atoms with Gasteiger partial charge in [0.2, 0.25) is 0 Å². The molecule has 1 aromatic rings. The van der Waals surface area contributed by atoms with E-state index in [1.54, 1.807) is 14.2 Å². The number of aliphatic hydroxyl groups is 1. The lowest BCUT2D eigenvalue weighted by molar-refractivity contribution is 0.175. The van der Waals surface area contributed by atoms with Crippen molar-refractivity contribution in [1.82, 2.24) is 0 Å². The Morgan fingerprint density at radius 1 is 1.26 bits per heavy atom. The molecule has 6 heteroatoms. The largest absolute Gasteiger partial charge is 0.497 e. The molecule has 0 aromatic heterocycles. The van der Waals surface area contributed by atoms with Gasteiger partial charge in [-0.15, -0.1) is 0 Å². The molecule has 1 rings (SSSR count). The van der Waals surface area contributed by atoms with Gasteiger partial charge in [0.1, 0.15) is 11.5 Å². The Kier molecular flexibility index (Phi) is 7.68. The number of nitrogens with zero attached hydrogens (tertiary/aromatic N) is 1. The predicted molar refractivity (Wildman–Crippen MR) is 94.4 cm³/mol. The Hall–Kier alpha value is -1.95. The molecule has 0 aliphatic carbocycles. The molecule has 0 heterocycles. The SMILES string of the molecule is CCC(CC)(CCO)CN=C(N)Nc1cc(OC)ccc1OC. The normalized spacial score (nSPS) is 12.1. The Bertz CT molecular complexity index is 514. The molecule has 0 aliphatic rings. The molecular weight excluding hydrogens is 294 g/mol. The first kappa shape index (κ1) is 19.1. The maximum Gasteiger partial charge on any atom is 0.193 e. The van der Waals surface area contributed by atoms with Crippen LogP contribution in [0.3, 0.4) is 0 Å². The maximum absolute atomic E-state index is 9.26. The van der Waals surface area contributed by atoms with Gasteiger partial charge in [0, 0.05) is 19.2 Å². The van der Waals surface area contributed by atoms with Crippen molar-refractivity contribution in [3.63, 3.8) is 0 Å². The average Bonchev–Trinajstić information content (AvgIpc) is 2.58. The van der Waals surface area contributed by atoms with Crippen molar-refractivity contribution in [1.29, 1.82) is 0 Å². The minimum atomic E-state index is -0.0144. The lowest BCUT2D eigenvalue weighted by atomic mass is 9.79. The van der Waals surface area contributed by atoms with E-state index in [4.69, 9.17) is 15.2 Å². The number of methoxy groups -OCH3 is 2. The van der Waals surface area contributed by atoms with E-state index >= 15 is 0 Å². The fourth-order valence-electron chi connectivity index (χ4n) is 2.49. The van der Waals surface area contributed by atoms with E-state index in [2.05, 4.69) is 24.2 Å². The van der Waals surface area contributed by atoms with Crippen LogP contribution in [0.4, 0.5) is 5.69 Å². The number of benzene rings is 1. The van der Waals surface area contributed by atoms with Crippen LogP contribution in [0.25, 0.3) is 0 Å². The summed E-state index contributed by atoms with van der Waals surface area (Å²) in [6.07, 6.45) is 2.62. The molecule has 1 aromatic carbocycles. The summed E-state index contributed by atoms with van der Waals surface area (Å²) in [6, 6.07) is 5.43. The highest BCUT2D eigenvalue weighted by molar-refractivity contribution is 5.94. The number of ether oxygens (including phenoxy) is 2. The molecule has 0 unspecified atom stereocenters. The zero-order valence-corrected chi connectivity index (χ0v) is 14.6. The van der Waals surface area contributed by atoms with Crippen LogP contribution in [-0.2, 0) is 0 Å². The van der Waals surface area contributed by atoms with Crippen molar-refractivity contribution >= 4 is 11.6 Å². The van der Waals surface area contributed by atoms with Crippen LogP contribution in [-0.4, -0.2) is 38.4 Å². The fourth-order valence-corrected chi connectivity index (χ4v) is 2.49. The molecule has 0 radical (unpaired) electrons. The molecular formula is C17H29N3O3. The number of nitrogens with two attached hydrogens (primary N) is 1. The minimum Gasteiger partial charge on any atom is -0.497 e. The summed E-state index contributed by atoms with van der Waals surface area (Å²) in [5.74, 6) is 1.69. The summed E-state index contributed by atoms with van der Waals surface area (Å²) in [5.41, 5.74) is 6.70. The molecule has 130 valence electrons. The summed E-state index contributed by atoms with van der Waals surface area (Å²) in [5, 5.41) is 12.3. The van der Waals surface area contributed by atoms with Gasteiger partial charge >= 0.3 is 0 Å². The van der Waals surface area contributed by atoms with E-state index in [9.17, 15) is 5.11 Å². The summed E-state index contributed by atoms with van der Waals surface area (Å²) < 4.78 is 10.5. The van der Waals surface area contributed by atoms with Crippen LogP contribution in [0.5, 0.6) is 11.5 Å². The van der Waals surface area contributed by atoms with E-state index in [1.165, 1.54) is 0 Å². The Labute approximate surface area is 138 Å². The lowest BCUT2D eigenvalue weighted by Crippen LogP contribution is -2.29. The van der Waals surface area contributed by atoms with Gasteiger partial charge in [-0.25, -0.2) is 0 Å². The third-order valence-corrected chi connectivity index (χ3v) is 4.40. The van der Waals surface area contributed by atoms with Gasteiger partial charge in [0.25, 0.3) is 0 Å². The highest BCUT2D eigenvalue weighted by Crippen LogP contribution is 2.31. The van der Waals surface area contributed by atoms with Gasteiger partial charge in [0.15, 0.2) is 5.96 Å². The van der Waals surface area contributed by atoms with Crippen molar-refractivity contribution in [2.45, 2.75) is 33.1 Å². The Morgan fingerprint density at radius 2 is 1.96 bits per heavy atom. The van der Waals surface area contributed by atoms with Crippen LogP contribution in [0.15, 0.2) is 23.2 Å². The van der Waals surface area contributed by atoms with Crippen molar-refractivity contribution in [2.24, 2.45) is 16.1 Å². The van der Waals surface area contributed by atoms with Crippen LogP contribution < -0.4 is 20.5 Å². The van der Waals surface area contributed by atoms with Crippen molar-refractivity contribution in [3.8, 4) is 11.5 Å². The summed E-state index contributed by atoms with van der Waals surface area (Å²) in [6.45, 7) is 4.96. The molecule has 0 amide bonds. The zero-order valence-electron chi connectivity index (χ0n) is 14.6. The zero-order chi connectivity index (χ0) is 17.3. The molecule has 0 fully saturated rings. The quantitative estimate of drug-likeness (QED) is 0.480. The molecule has 4 N–H and O–H groups in total. The fraction of sp³-hybridized carbons (Fsp3) is 0.588. The number of anilines is 1. The van der Waals surface area contributed by atoms with E-state index < -0.39 is 0 Å². The molecule has 23 heavy (non-hydrogen) atoms.